The molecule has 1 saturated heterocycles. The van der Waals surface area contributed by atoms with Gasteiger partial charge in [0.05, 0.1) is 0 Å². The van der Waals surface area contributed by atoms with Crippen molar-refractivity contribution in [3.63, 3.8) is 0 Å². The second-order valence-corrected chi connectivity index (χ2v) is 3.68. The molecule has 0 atom stereocenters. The second-order valence-electron chi connectivity index (χ2n) is 3.68. The summed E-state index contributed by atoms with van der Waals surface area (Å²) in [5, 5.41) is 2.87. The molecule has 0 saturated carbocycles. The molecule has 3 nitrogen and oxygen atoms in total. The average molecular weight is 168 g/mol. The Labute approximate surface area is 74.9 Å². The molecule has 0 unspecified atom stereocenters. The lowest BCUT2D eigenvalue weighted by atomic mass is 9.95. The van der Waals surface area contributed by atoms with Gasteiger partial charge in [-0.05, 0) is 31.8 Å². The predicted molar refractivity (Wildman–Crippen MR) is 51.5 cm³/mol. The fraction of sp³-hybridized carbons (Fsp3) is 0.875. The largest absolute Gasteiger partial charge is 0.356 e. The lowest BCUT2D eigenvalue weighted by Gasteiger charge is -2.29. The SMILES string of the molecule is BN1CCC(CNC(C)=O)CC1. The van der Waals surface area contributed by atoms with E-state index in [0.29, 0.717) is 5.92 Å². The van der Waals surface area contributed by atoms with Gasteiger partial charge < -0.3 is 10.1 Å². The molecule has 0 aromatic carbocycles. The van der Waals surface area contributed by atoms with Crippen LogP contribution in [0.3, 0.4) is 0 Å². The van der Waals surface area contributed by atoms with Crippen LogP contribution in [0, 0.1) is 5.92 Å². The minimum atomic E-state index is 0.0916. The average Bonchev–Trinajstić information content (AvgIpc) is 2.03. The van der Waals surface area contributed by atoms with E-state index in [4.69, 9.17) is 0 Å². The summed E-state index contributed by atoms with van der Waals surface area (Å²) in [5.74, 6) is 0.791. The van der Waals surface area contributed by atoms with Gasteiger partial charge >= 0.3 is 0 Å². The highest BCUT2D eigenvalue weighted by molar-refractivity contribution is 6.04. The fourth-order valence-corrected chi connectivity index (χ4v) is 1.55. The third kappa shape index (κ3) is 3.26. The molecule has 1 aliphatic rings. The quantitative estimate of drug-likeness (QED) is 0.557. The first-order chi connectivity index (χ1) is 5.68. The summed E-state index contributed by atoms with van der Waals surface area (Å²) in [5.41, 5.74) is 0. The smallest absolute Gasteiger partial charge is 0.216 e. The van der Waals surface area contributed by atoms with Crippen LogP contribution in [0.5, 0.6) is 0 Å². The van der Waals surface area contributed by atoms with E-state index in [2.05, 4.69) is 18.1 Å². The van der Waals surface area contributed by atoms with Gasteiger partial charge in [-0.25, -0.2) is 0 Å². The van der Waals surface area contributed by atoms with Gasteiger partial charge in [-0.2, -0.15) is 0 Å². The van der Waals surface area contributed by atoms with Crippen molar-refractivity contribution in [1.29, 1.82) is 0 Å². The van der Waals surface area contributed by atoms with E-state index in [1.54, 1.807) is 6.92 Å². The van der Waals surface area contributed by atoms with Gasteiger partial charge in [0, 0.05) is 13.5 Å². The normalized spacial score (nSPS) is 20.8. The molecular formula is C8H17BN2O. The van der Waals surface area contributed by atoms with Gasteiger partial charge in [0.1, 0.15) is 0 Å². The third-order valence-corrected chi connectivity index (χ3v) is 2.48. The first-order valence-electron chi connectivity index (χ1n) is 4.61. The van der Waals surface area contributed by atoms with Crippen LogP contribution in [0.2, 0.25) is 0 Å². The number of amides is 1. The molecule has 1 fully saturated rings. The Morgan fingerprint density at radius 2 is 2.17 bits per heavy atom. The van der Waals surface area contributed by atoms with Gasteiger partial charge in [-0.1, -0.05) is 0 Å². The predicted octanol–water partition coefficient (Wildman–Crippen LogP) is -0.617. The number of hydrogen-bond donors (Lipinski definition) is 1. The van der Waals surface area contributed by atoms with Crippen LogP contribution in [0.1, 0.15) is 19.8 Å². The van der Waals surface area contributed by atoms with Gasteiger partial charge in [0.25, 0.3) is 0 Å². The van der Waals surface area contributed by atoms with Crippen molar-refractivity contribution in [3.05, 3.63) is 0 Å². The molecule has 1 N–H and O–H groups in total. The summed E-state index contributed by atoms with van der Waals surface area (Å²) in [6.07, 6.45) is 2.44. The Balaban J connectivity index is 2.13. The lowest BCUT2D eigenvalue weighted by Crippen LogP contribution is -2.36. The highest BCUT2D eigenvalue weighted by atomic mass is 16.1. The minimum absolute atomic E-state index is 0.0916. The summed E-state index contributed by atoms with van der Waals surface area (Å²) in [4.78, 5) is 13.0. The Kier molecular flexibility index (Phi) is 3.60. The van der Waals surface area contributed by atoms with Crippen LogP contribution in [0.25, 0.3) is 0 Å². The maximum absolute atomic E-state index is 10.6. The number of carbonyl (C=O) groups is 1. The monoisotopic (exact) mass is 168 g/mol. The molecular weight excluding hydrogens is 151 g/mol. The molecule has 0 radical (unpaired) electrons. The van der Waals surface area contributed by atoms with Crippen molar-refractivity contribution in [3.8, 4) is 0 Å². The van der Waals surface area contributed by atoms with Gasteiger partial charge in [-0.15, -0.1) is 0 Å². The zero-order chi connectivity index (χ0) is 8.97. The van der Waals surface area contributed by atoms with E-state index in [0.717, 1.165) is 6.54 Å². The zero-order valence-electron chi connectivity index (χ0n) is 7.97. The van der Waals surface area contributed by atoms with Crippen LogP contribution in [0.4, 0.5) is 0 Å². The molecule has 1 amide bonds. The van der Waals surface area contributed by atoms with E-state index < -0.39 is 0 Å². The van der Waals surface area contributed by atoms with Crippen molar-refractivity contribution in [2.45, 2.75) is 19.8 Å². The lowest BCUT2D eigenvalue weighted by molar-refractivity contribution is -0.119. The maximum Gasteiger partial charge on any atom is 0.216 e. The Hall–Kier alpha value is -0.505. The first-order valence-corrected chi connectivity index (χ1v) is 4.61. The van der Waals surface area contributed by atoms with Gasteiger partial charge in [0.2, 0.25) is 5.91 Å². The van der Waals surface area contributed by atoms with E-state index in [1.165, 1.54) is 25.9 Å². The van der Waals surface area contributed by atoms with Crippen molar-refractivity contribution in [2.75, 3.05) is 19.6 Å². The van der Waals surface area contributed by atoms with Crippen molar-refractivity contribution >= 4 is 13.9 Å². The Morgan fingerprint density at radius 1 is 1.58 bits per heavy atom. The number of hydrogen-bond acceptors (Lipinski definition) is 2. The molecule has 4 heteroatoms. The van der Waals surface area contributed by atoms with Crippen LogP contribution in [-0.4, -0.2) is 38.3 Å². The van der Waals surface area contributed by atoms with Crippen LogP contribution >= 0.6 is 0 Å². The molecule has 0 aromatic rings. The van der Waals surface area contributed by atoms with Crippen molar-refractivity contribution in [2.24, 2.45) is 5.92 Å². The topological polar surface area (TPSA) is 32.3 Å². The molecule has 68 valence electrons. The summed E-state index contributed by atoms with van der Waals surface area (Å²) in [6, 6.07) is 0. The number of rotatable bonds is 2. The van der Waals surface area contributed by atoms with Crippen LogP contribution in [-0.2, 0) is 4.79 Å². The molecule has 0 spiro atoms. The summed E-state index contributed by atoms with van der Waals surface area (Å²) in [6.45, 7) is 4.78. The molecule has 1 heterocycles. The molecule has 1 rings (SSSR count). The fourth-order valence-electron chi connectivity index (χ4n) is 1.55. The first kappa shape index (κ1) is 9.58. The number of carbonyl (C=O) groups excluding carboxylic acids is 1. The van der Waals surface area contributed by atoms with E-state index in [1.807, 2.05) is 0 Å². The van der Waals surface area contributed by atoms with Gasteiger partial charge in [-0.3, -0.25) is 4.79 Å². The molecule has 0 aromatic heterocycles. The van der Waals surface area contributed by atoms with Crippen LogP contribution in [0.15, 0.2) is 0 Å². The molecule has 1 aliphatic heterocycles. The number of piperidine rings is 1. The number of nitrogens with zero attached hydrogens (tertiary/aromatic N) is 1. The summed E-state index contributed by atoms with van der Waals surface area (Å²) in [7, 11) is 2.15. The minimum Gasteiger partial charge on any atom is -0.356 e. The molecule has 0 bridgehead atoms. The zero-order valence-corrected chi connectivity index (χ0v) is 7.97. The maximum atomic E-state index is 10.6. The van der Waals surface area contributed by atoms with E-state index in [-0.39, 0.29) is 5.91 Å². The number of nitrogens with one attached hydrogen (secondary N) is 1. The van der Waals surface area contributed by atoms with Gasteiger partial charge in [0.15, 0.2) is 7.98 Å². The summed E-state index contributed by atoms with van der Waals surface area (Å²) < 4.78 is 0. The molecule has 0 aliphatic carbocycles. The second kappa shape index (κ2) is 4.50. The van der Waals surface area contributed by atoms with Crippen molar-refractivity contribution < 1.29 is 4.79 Å². The van der Waals surface area contributed by atoms with Crippen molar-refractivity contribution in [1.82, 2.24) is 10.1 Å². The van der Waals surface area contributed by atoms with E-state index in [9.17, 15) is 4.79 Å². The Morgan fingerprint density at radius 3 is 2.67 bits per heavy atom. The third-order valence-electron chi connectivity index (χ3n) is 2.48. The highest BCUT2D eigenvalue weighted by Crippen LogP contribution is 2.14. The Bertz CT molecular complexity index is 155. The standard InChI is InChI=1S/C8H17BN2O/c1-7(12)10-6-8-2-4-11(9)5-3-8/h8H,2-6,9H2,1H3,(H,10,12). The summed E-state index contributed by atoms with van der Waals surface area (Å²) >= 11 is 0. The van der Waals surface area contributed by atoms with Crippen LogP contribution < -0.4 is 5.32 Å². The van der Waals surface area contributed by atoms with E-state index >= 15 is 0 Å². The highest BCUT2D eigenvalue weighted by Gasteiger charge is 2.15. The molecule has 12 heavy (non-hydrogen) atoms.